The molecule has 30 heavy (non-hydrogen) atoms. The molecule has 3 heterocycles. The van der Waals surface area contributed by atoms with E-state index in [1.165, 1.54) is 19.5 Å². The number of aliphatic hydroxyl groups is 1. The van der Waals surface area contributed by atoms with Gasteiger partial charge in [-0.15, -0.1) is 5.10 Å². The summed E-state index contributed by atoms with van der Waals surface area (Å²) < 4.78 is 11.0. The van der Waals surface area contributed by atoms with Gasteiger partial charge in [-0.1, -0.05) is 16.7 Å². The highest BCUT2D eigenvalue weighted by atomic mass is 35.5. The number of carbonyl (C=O) groups is 1. The largest absolute Gasteiger partial charge is 0.494 e. The standard InChI is InChI=1S/C19H18ClN5O4S/c1-9-5-10(11-6-16(20)22-8-15(11)28-2)12(7-21-9)17(27)23-18-24-25-19(30-18)29-14-4-3-13(14)26/h5-8,13-14,26H,3-4H2,1-2H3,(H,23,24,27)/t13-,14+/m0/s1. The van der Waals surface area contributed by atoms with Gasteiger partial charge >= 0.3 is 0 Å². The summed E-state index contributed by atoms with van der Waals surface area (Å²) in [5.74, 6) is 0.0589. The van der Waals surface area contributed by atoms with Crippen LogP contribution in [0.5, 0.6) is 10.9 Å². The van der Waals surface area contributed by atoms with E-state index >= 15 is 0 Å². The van der Waals surface area contributed by atoms with Crippen LogP contribution in [-0.2, 0) is 0 Å². The van der Waals surface area contributed by atoms with Crippen LogP contribution in [0.2, 0.25) is 5.15 Å². The number of aromatic nitrogens is 4. The molecule has 9 nitrogen and oxygen atoms in total. The molecule has 0 unspecified atom stereocenters. The molecule has 0 spiro atoms. The Kier molecular flexibility index (Phi) is 5.80. The van der Waals surface area contributed by atoms with E-state index in [1.807, 2.05) is 6.92 Å². The van der Waals surface area contributed by atoms with Gasteiger partial charge in [-0.05, 0) is 43.2 Å². The van der Waals surface area contributed by atoms with Crippen molar-refractivity contribution < 1.29 is 19.4 Å². The predicted octanol–water partition coefficient (Wildman–Crippen LogP) is 3.12. The minimum atomic E-state index is -0.490. The topological polar surface area (TPSA) is 119 Å². The average molecular weight is 448 g/mol. The lowest BCUT2D eigenvalue weighted by atomic mass is 9.92. The highest BCUT2D eigenvalue weighted by Crippen LogP contribution is 2.35. The highest BCUT2D eigenvalue weighted by molar-refractivity contribution is 7.17. The van der Waals surface area contributed by atoms with Crippen molar-refractivity contribution in [3.63, 3.8) is 0 Å². The molecule has 0 bridgehead atoms. The minimum absolute atomic E-state index is 0.273. The smallest absolute Gasteiger partial charge is 0.296 e. The van der Waals surface area contributed by atoms with E-state index in [0.717, 1.165) is 23.5 Å². The maximum atomic E-state index is 13.0. The van der Waals surface area contributed by atoms with Crippen molar-refractivity contribution in [2.24, 2.45) is 0 Å². The first kappa shape index (κ1) is 20.5. The van der Waals surface area contributed by atoms with E-state index in [4.69, 9.17) is 21.1 Å². The summed E-state index contributed by atoms with van der Waals surface area (Å²) in [4.78, 5) is 21.2. The number of aliphatic hydroxyl groups excluding tert-OH is 1. The van der Waals surface area contributed by atoms with Gasteiger partial charge in [0.1, 0.15) is 17.0 Å². The van der Waals surface area contributed by atoms with E-state index in [0.29, 0.717) is 34.1 Å². The number of hydrogen-bond donors (Lipinski definition) is 2. The Labute approximate surface area is 181 Å². The highest BCUT2D eigenvalue weighted by Gasteiger charge is 2.31. The maximum absolute atomic E-state index is 13.0. The number of nitrogens with one attached hydrogen (secondary N) is 1. The van der Waals surface area contributed by atoms with Crippen LogP contribution in [0.1, 0.15) is 28.9 Å². The molecule has 1 amide bonds. The van der Waals surface area contributed by atoms with Gasteiger partial charge in [-0.25, -0.2) is 4.98 Å². The molecule has 0 saturated heterocycles. The molecule has 1 aliphatic carbocycles. The molecule has 0 aromatic carbocycles. The number of nitrogens with zero attached hydrogens (tertiary/aromatic N) is 4. The van der Waals surface area contributed by atoms with E-state index in [2.05, 4.69) is 25.5 Å². The third kappa shape index (κ3) is 4.20. The predicted molar refractivity (Wildman–Crippen MR) is 111 cm³/mol. The van der Waals surface area contributed by atoms with Crippen LogP contribution in [0.3, 0.4) is 0 Å². The Balaban J connectivity index is 1.59. The molecule has 4 rings (SSSR count). The molecule has 1 aliphatic rings. The molecular formula is C19H18ClN5O4S. The van der Waals surface area contributed by atoms with Gasteiger partial charge in [0, 0.05) is 23.0 Å². The number of anilines is 1. The zero-order valence-corrected chi connectivity index (χ0v) is 17.7. The molecule has 2 atom stereocenters. The van der Waals surface area contributed by atoms with Crippen LogP contribution in [0.25, 0.3) is 11.1 Å². The van der Waals surface area contributed by atoms with Crippen molar-refractivity contribution in [1.29, 1.82) is 0 Å². The number of halogens is 1. The summed E-state index contributed by atoms with van der Waals surface area (Å²) in [6.45, 7) is 1.82. The molecule has 1 fully saturated rings. The fraction of sp³-hybridized carbons (Fsp3) is 0.316. The number of carbonyl (C=O) groups excluding carboxylic acids is 1. The van der Waals surface area contributed by atoms with Crippen LogP contribution in [-0.4, -0.2) is 50.5 Å². The fourth-order valence-corrected chi connectivity index (χ4v) is 3.75. The van der Waals surface area contributed by atoms with Crippen LogP contribution < -0.4 is 14.8 Å². The number of amides is 1. The second-order valence-electron chi connectivity index (χ2n) is 6.71. The molecule has 156 valence electrons. The molecule has 0 aliphatic heterocycles. The number of rotatable bonds is 6. The van der Waals surface area contributed by atoms with Crippen molar-refractivity contribution in [1.82, 2.24) is 20.2 Å². The van der Waals surface area contributed by atoms with Gasteiger partial charge in [0.25, 0.3) is 11.1 Å². The van der Waals surface area contributed by atoms with Crippen molar-refractivity contribution >= 4 is 34.0 Å². The summed E-state index contributed by atoms with van der Waals surface area (Å²) in [5, 5.41) is 21.0. The zero-order valence-electron chi connectivity index (χ0n) is 16.1. The first-order valence-electron chi connectivity index (χ1n) is 9.10. The monoisotopic (exact) mass is 447 g/mol. The second-order valence-corrected chi connectivity index (χ2v) is 8.03. The zero-order chi connectivity index (χ0) is 21.3. The van der Waals surface area contributed by atoms with Crippen LogP contribution in [0.15, 0.2) is 24.5 Å². The molecule has 11 heteroatoms. The quantitative estimate of drug-likeness (QED) is 0.553. The maximum Gasteiger partial charge on any atom is 0.296 e. The van der Waals surface area contributed by atoms with E-state index in [1.54, 1.807) is 12.1 Å². The summed E-state index contributed by atoms with van der Waals surface area (Å²) in [7, 11) is 1.52. The van der Waals surface area contributed by atoms with Gasteiger partial charge in [0.05, 0.1) is 25.0 Å². The number of methoxy groups -OCH3 is 1. The number of pyridine rings is 2. The summed E-state index contributed by atoms with van der Waals surface area (Å²) in [5.41, 5.74) is 2.25. The molecule has 1 saturated carbocycles. The van der Waals surface area contributed by atoms with Crippen molar-refractivity contribution in [2.75, 3.05) is 12.4 Å². The third-order valence-corrected chi connectivity index (χ3v) is 5.62. The van der Waals surface area contributed by atoms with Crippen LogP contribution >= 0.6 is 22.9 Å². The second kappa shape index (κ2) is 8.50. The molecule has 3 aromatic rings. The van der Waals surface area contributed by atoms with Gasteiger partial charge in [-0.2, -0.15) is 0 Å². The van der Waals surface area contributed by atoms with E-state index < -0.39 is 12.0 Å². The molecular weight excluding hydrogens is 430 g/mol. The fourth-order valence-electron chi connectivity index (χ4n) is 2.95. The Morgan fingerprint density at radius 1 is 1.23 bits per heavy atom. The van der Waals surface area contributed by atoms with E-state index in [9.17, 15) is 9.90 Å². The SMILES string of the molecule is COc1cnc(Cl)cc1-c1cc(C)ncc1C(=O)Nc1nnc(O[C@@H]2CC[C@@H]2O)s1. The normalized spacial score (nSPS) is 17.9. The summed E-state index contributed by atoms with van der Waals surface area (Å²) in [6.07, 6.45) is 3.68. The Morgan fingerprint density at radius 3 is 2.77 bits per heavy atom. The summed E-state index contributed by atoms with van der Waals surface area (Å²) in [6, 6.07) is 3.41. The lowest BCUT2D eigenvalue weighted by Gasteiger charge is -2.31. The van der Waals surface area contributed by atoms with Crippen LogP contribution in [0.4, 0.5) is 5.13 Å². The first-order valence-corrected chi connectivity index (χ1v) is 10.3. The van der Waals surface area contributed by atoms with Gasteiger partial charge < -0.3 is 14.6 Å². The van der Waals surface area contributed by atoms with Gasteiger partial charge in [0.15, 0.2) is 0 Å². The van der Waals surface area contributed by atoms with Crippen molar-refractivity contribution in [2.45, 2.75) is 32.0 Å². The number of hydrogen-bond acceptors (Lipinski definition) is 9. The van der Waals surface area contributed by atoms with Crippen molar-refractivity contribution in [3.8, 4) is 22.1 Å². The molecule has 3 aromatic heterocycles. The number of ether oxygens (including phenoxy) is 2. The Morgan fingerprint density at radius 2 is 2.07 bits per heavy atom. The van der Waals surface area contributed by atoms with Gasteiger partial charge in [0.2, 0.25) is 5.13 Å². The number of aryl methyl sites for hydroxylation is 1. The Hall–Kier alpha value is -2.82. The average Bonchev–Trinajstić information content (AvgIpc) is 3.17. The molecule has 0 radical (unpaired) electrons. The lowest BCUT2D eigenvalue weighted by Crippen LogP contribution is -2.41. The lowest BCUT2D eigenvalue weighted by molar-refractivity contribution is -0.0365. The minimum Gasteiger partial charge on any atom is -0.494 e. The first-order chi connectivity index (χ1) is 14.4. The van der Waals surface area contributed by atoms with Crippen LogP contribution in [0, 0.1) is 6.92 Å². The summed E-state index contributed by atoms with van der Waals surface area (Å²) >= 11 is 7.15. The molecule has 2 N–H and O–H groups in total. The Bertz CT molecular complexity index is 1090. The van der Waals surface area contributed by atoms with Crippen molar-refractivity contribution in [3.05, 3.63) is 40.9 Å². The van der Waals surface area contributed by atoms with Gasteiger partial charge in [-0.3, -0.25) is 15.1 Å². The third-order valence-electron chi connectivity index (χ3n) is 4.68. The van der Waals surface area contributed by atoms with E-state index in [-0.39, 0.29) is 16.4 Å².